The molecule has 0 aliphatic heterocycles. The first-order valence-corrected chi connectivity index (χ1v) is 6.04. The van der Waals surface area contributed by atoms with Crippen molar-refractivity contribution in [3.05, 3.63) is 41.3 Å². The van der Waals surface area contributed by atoms with Gasteiger partial charge in [0, 0.05) is 10.6 Å². The summed E-state index contributed by atoms with van der Waals surface area (Å²) < 4.78 is 24.8. The normalized spacial score (nSPS) is 10.8. The third-order valence-corrected chi connectivity index (χ3v) is 3.02. The van der Waals surface area contributed by atoms with Crippen LogP contribution in [0.25, 0.3) is 11.3 Å². The van der Waals surface area contributed by atoms with Crippen molar-refractivity contribution in [1.82, 2.24) is 9.97 Å². The largest absolute Gasteiger partial charge is 0.346 e. The lowest BCUT2D eigenvalue weighted by molar-refractivity contribution is 0.252. The van der Waals surface area contributed by atoms with Crippen molar-refractivity contribution >= 4 is 24.0 Å². The molecule has 0 spiro atoms. The molecule has 0 saturated heterocycles. The summed E-state index contributed by atoms with van der Waals surface area (Å²) in [6.07, 6.45) is 1.51. The van der Waals surface area contributed by atoms with E-state index in [9.17, 15) is 8.78 Å². The van der Waals surface area contributed by atoms with Crippen LogP contribution in [0.15, 0.2) is 41.6 Å². The minimum atomic E-state index is -2.40. The highest BCUT2D eigenvalue weighted by molar-refractivity contribution is 7.99. The Balaban J connectivity index is 2.26. The number of aromatic amines is 1. The second-order valence-corrected chi connectivity index (χ2v) is 4.68. The summed E-state index contributed by atoms with van der Waals surface area (Å²) in [5, 5.41) is 0. The number of rotatable bonds is 3. The molecule has 0 amide bonds. The van der Waals surface area contributed by atoms with Crippen LogP contribution < -0.4 is 0 Å². The fraction of sp³-hybridized carbons (Fsp3) is 0.0909. The zero-order chi connectivity index (χ0) is 12.3. The first kappa shape index (κ1) is 12.2. The van der Waals surface area contributed by atoms with Crippen molar-refractivity contribution in [2.24, 2.45) is 0 Å². The summed E-state index contributed by atoms with van der Waals surface area (Å²) in [5.74, 6) is -2.40. The molecular weight excluding hydrogens is 262 g/mol. The van der Waals surface area contributed by atoms with Crippen LogP contribution in [0.4, 0.5) is 8.78 Å². The lowest BCUT2D eigenvalue weighted by atomic mass is 10.1. The molecule has 0 aliphatic carbocycles. The van der Waals surface area contributed by atoms with Gasteiger partial charge in [-0.3, -0.25) is 0 Å². The van der Waals surface area contributed by atoms with Crippen molar-refractivity contribution < 1.29 is 8.78 Å². The average molecular weight is 270 g/mol. The molecule has 1 N–H and O–H groups in total. The van der Waals surface area contributed by atoms with Gasteiger partial charge in [0.25, 0.3) is 5.76 Å². The van der Waals surface area contributed by atoms with Crippen LogP contribution in [0.2, 0.25) is 0 Å². The second-order valence-electron chi connectivity index (χ2n) is 3.20. The van der Waals surface area contributed by atoms with E-state index >= 15 is 0 Å². The zero-order valence-electron chi connectivity index (χ0n) is 8.56. The molecule has 0 aliphatic rings. The number of H-pyrrole nitrogens is 1. The minimum Gasteiger partial charge on any atom is -0.346 e. The molecule has 0 fully saturated rings. The van der Waals surface area contributed by atoms with E-state index in [1.54, 1.807) is 30.3 Å². The number of benzene rings is 1. The van der Waals surface area contributed by atoms with Crippen molar-refractivity contribution in [2.45, 2.75) is 10.7 Å². The van der Waals surface area contributed by atoms with Gasteiger partial charge in [-0.25, -0.2) is 4.98 Å². The van der Waals surface area contributed by atoms with E-state index in [0.717, 1.165) is 11.3 Å². The molecule has 0 bridgehead atoms. The Morgan fingerprint density at radius 2 is 1.94 bits per heavy atom. The first-order chi connectivity index (χ1) is 8.15. The van der Waals surface area contributed by atoms with E-state index < -0.39 is 5.76 Å². The second kappa shape index (κ2) is 5.37. The molecule has 2 aromatic rings. The molecule has 6 heteroatoms. The Morgan fingerprint density at radius 1 is 1.24 bits per heavy atom. The van der Waals surface area contributed by atoms with E-state index in [2.05, 4.69) is 9.97 Å². The molecule has 2 rings (SSSR count). The lowest BCUT2D eigenvalue weighted by Gasteiger charge is -2.03. The Kier molecular flexibility index (Phi) is 3.86. The van der Waals surface area contributed by atoms with Crippen molar-refractivity contribution in [3.63, 3.8) is 0 Å². The van der Waals surface area contributed by atoms with Gasteiger partial charge in [0.15, 0.2) is 0 Å². The number of nitrogens with zero attached hydrogens (tertiary/aromatic N) is 1. The Labute approximate surface area is 106 Å². The van der Waals surface area contributed by atoms with Crippen LogP contribution in [-0.2, 0) is 0 Å². The van der Waals surface area contributed by atoms with E-state index in [1.807, 2.05) is 0 Å². The zero-order valence-corrected chi connectivity index (χ0v) is 10.2. The third kappa shape index (κ3) is 3.34. The molecule has 1 aromatic heterocycles. The number of alkyl halides is 2. The molecule has 1 aromatic carbocycles. The average Bonchev–Trinajstić information content (AvgIpc) is 2.29. The van der Waals surface area contributed by atoms with Crippen LogP contribution >= 0.6 is 24.0 Å². The van der Waals surface area contributed by atoms with Gasteiger partial charge in [0.1, 0.15) is 4.64 Å². The van der Waals surface area contributed by atoms with Gasteiger partial charge in [-0.05, 0) is 23.8 Å². The molecule has 88 valence electrons. The van der Waals surface area contributed by atoms with Crippen molar-refractivity contribution in [3.8, 4) is 11.3 Å². The van der Waals surface area contributed by atoms with Gasteiger partial charge in [0.05, 0.1) is 6.33 Å². The predicted molar refractivity (Wildman–Crippen MR) is 66.7 cm³/mol. The molecule has 0 saturated carbocycles. The summed E-state index contributed by atoms with van der Waals surface area (Å²) >= 11 is 5.48. The highest BCUT2D eigenvalue weighted by Gasteiger charge is 2.05. The minimum absolute atomic E-state index is 0.491. The van der Waals surface area contributed by atoms with Crippen LogP contribution in [0.1, 0.15) is 0 Å². The molecule has 17 heavy (non-hydrogen) atoms. The van der Waals surface area contributed by atoms with Crippen LogP contribution in [0, 0.1) is 4.64 Å². The maximum absolute atomic E-state index is 12.1. The quantitative estimate of drug-likeness (QED) is 0.672. The van der Waals surface area contributed by atoms with Gasteiger partial charge >= 0.3 is 0 Å². The summed E-state index contributed by atoms with van der Waals surface area (Å²) in [7, 11) is 0. The Bertz CT molecular complexity index is 552. The van der Waals surface area contributed by atoms with Crippen molar-refractivity contribution in [2.75, 3.05) is 0 Å². The predicted octanol–water partition coefficient (Wildman–Crippen LogP) is 4.12. The number of aromatic nitrogens is 2. The van der Waals surface area contributed by atoms with E-state index in [1.165, 1.54) is 6.33 Å². The Hall–Kier alpha value is -1.27. The van der Waals surface area contributed by atoms with Crippen LogP contribution in [0.3, 0.4) is 0 Å². The van der Waals surface area contributed by atoms with Crippen LogP contribution in [-0.4, -0.2) is 15.7 Å². The van der Waals surface area contributed by atoms with Gasteiger partial charge in [-0.2, -0.15) is 8.78 Å². The van der Waals surface area contributed by atoms with E-state index in [-0.39, 0.29) is 0 Å². The fourth-order valence-electron chi connectivity index (χ4n) is 1.35. The maximum atomic E-state index is 12.1. The number of thioether (sulfide) groups is 1. The molecule has 0 unspecified atom stereocenters. The summed E-state index contributed by atoms with van der Waals surface area (Å²) in [6.45, 7) is 0. The van der Waals surface area contributed by atoms with Gasteiger partial charge in [-0.15, -0.1) is 0 Å². The summed E-state index contributed by atoms with van der Waals surface area (Å²) in [4.78, 5) is 7.37. The first-order valence-electron chi connectivity index (χ1n) is 4.75. The topological polar surface area (TPSA) is 28.7 Å². The fourth-order valence-corrected chi connectivity index (χ4v) is 2.02. The standard InChI is InChI=1S/C11H8F2N2S2/c12-11(13)17-8-3-1-7(2-4-8)9-5-10(16)15-6-14-9/h1-6,11H,(H,14,15,16). The van der Waals surface area contributed by atoms with E-state index in [0.29, 0.717) is 21.3 Å². The molecular formula is C11H8F2N2S2. The smallest absolute Gasteiger partial charge is 0.288 e. The van der Waals surface area contributed by atoms with Gasteiger partial charge in [0.2, 0.25) is 0 Å². The highest BCUT2D eigenvalue weighted by atomic mass is 32.2. The molecule has 2 nitrogen and oxygen atoms in total. The van der Waals surface area contributed by atoms with Gasteiger partial charge < -0.3 is 4.98 Å². The summed E-state index contributed by atoms with van der Waals surface area (Å²) in [6, 6.07) is 8.58. The van der Waals surface area contributed by atoms with E-state index in [4.69, 9.17) is 12.2 Å². The number of halogens is 2. The van der Waals surface area contributed by atoms with Crippen LogP contribution in [0.5, 0.6) is 0 Å². The molecule has 0 atom stereocenters. The SMILES string of the molecule is FC(F)Sc1ccc(-c2cc(=S)nc[nH]2)cc1. The molecule has 0 radical (unpaired) electrons. The Morgan fingerprint density at radius 3 is 2.53 bits per heavy atom. The molecule has 1 heterocycles. The lowest BCUT2D eigenvalue weighted by Crippen LogP contribution is -1.86. The highest BCUT2D eigenvalue weighted by Crippen LogP contribution is 2.27. The number of hydrogen-bond donors (Lipinski definition) is 1. The summed E-state index contributed by atoms with van der Waals surface area (Å²) in [5.41, 5.74) is 1.70. The number of hydrogen-bond acceptors (Lipinski definition) is 3. The monoisotopic (exact) mass is 270 g/mol. The third-order valence-electron chi connectivity index (χ3n) is 2.07. The van der Waals surface area contributed by atoms with Gasteiger partial charge in [-0.1, -0.05) is 36.1 Å². The number of nitrogens with one attached hydrogen (secondary N) is 1. The van der Waals surface area contributed by atoms with Crippen molar-refractivity contribution in [1.29, 1.82) is 0 Å². The maximum Gasteiger partial charge on any atom is 0.288 e.